The lowest BCUT2D eigenvalue weighted by Gasteiger charge is -2.43. The number of hydrazone groups is 2. The van der Waals surface area contributed by atoms with Crippen LogP contribution in [0.1, 0.15) is 19.4 Å². The molecular weight excluding hydrogens is 498 g/mol. The molecule has 1 spiro atoms. The van der Waals surface area contributed by atoms with Crippen LogP contribution in [0.4, 0.5) is 11.4 Å². The molecule has 0 unspecified atom stereocenters. The van der Waals surface area contributed by atoms with Crippen LogP contribution in [0, 0.1) is 0 Å². The second-order valence-corrected chi connectivity index (χ2v) is 9.46. The minimum absolute atomic E-state index is 0.100. The van der Waals surface area contributed by atoms with E-state index in [1.807, 2.05) is 65.6 Å². The van der Waals surface area contributed by atoms with E-state index in [1.54, 1.807) is 36.2 Å². The summed E-state index contributed by atoms with van der Waals surface area (Å²) in [4.78, 5) is 28.0. The van der Waals surface area contributed by atoms with Gasteiger partial charge < -0.3 is 4.74 Å². The Morgan fingerprint density at radius 2 is 1.56 bits per heavy atom. The van der Waals surface area contributed by atoms with Crippen molar-refractivity contribution < 1.29 is 14.3 Å². The second-order valence-electron chi connectivity index (χ2n) is 7.88. The van der Waals surface area contributed by atoms with Gasteiger partial charge in [-0.05, 0) is 55.1 Å². The minimum atomic E-state index is -1.39. The van der Waals surface area contributed by atoms with E-state index in [0.29, 0.717) is 16.5 Å². The van der Waals surface area contributed by atoms with Gasteiger partial charge in [0, 0.05) is 23.2 Å². The normalized spacial score (nSPS) is 18.9. The van der Waals surface area contributed by atoms with E-state index >= 15 is 0 Å². The number of hydrogen-bond donors (Lipinski definition) is 0. The summed E-state index contributed by atoms with van der Waals surface area (Å²) < 4.78 is 5.28. The number of ether oxygens (including phenoxy) is 1. The topological polar surface area (TPSA) is 77.8 Å². The fourth-order valence-corrected chi connectivity index (χ4v) is 5.48. The first-order valence-electron chi connectivity index (χ1n) is 11.3. The zero-order chi connectivity index (χ0) is 25.3. The van der Waals surface area contributed by atoms with Gasteiger partial charge in [-0.15, -0.1) is 5.10 Å². The Kier molecular flexibility index (Phi) is 6.42. The molecule has 5 rings (SSSR count). The van der Waals surface area contributed by atoms with Gasteiger partial charge in [0.15, 0.2) is 5.84 Å². The van der Waals surface area contributed by atoms with Crippen molar-refractivity contribution in [2.75, 3.05) is 16.5 Å². The maximum absolute atomic E-state index is 13.2. The van der Waals surface area contributed by atoms with E-state index in [2.05, 4.69) is 5.10 Å². The SMILES string of the molecule is CCOC(=O)C1=NN(c2ccc(Cl)cc2)[C@@]2(S1)N(C(C)=O)N=C(c1ccccc1)N2c1ccccc1. The first kappa shape index (κ1) is 23.9. The van der Waals surface area contributed by atoms with Crippen molar-refractivity contribution in [2.45, 2.75) is 19.0 Å². The van der Waals surface area contributed by atoms with Gasteiger partial charge >= 0.3 is 5.97 Å². The van der Waals surface area contributed by atoms with Crippen molar-refractivity contribution in [3.05, 3.63) is 95.5 Å². The lowest BCUT2D eigenvalue weighted by molar-refractivity contribution is -0.134. The average Bonchev–Trinajstić information content (AvgIpc) is 3.45. The molecule has 1 amide bonds. The molecule has 1 atom stereocenters. The summed E-state index contributed by atoms with van der Waals surface area (Å²) in [5, 5.41) is 11.7. The number of benzene rings is 3. The van der Waals surface area contributed by atoms with Crippen LogP contribution in [0.15, 0.2) is 95.1 Å². The number of hydrogen-bond acceptors (Lipinski definition) is 8. The van der Waals surface area contributed by atoms with Crippen LogP contribution in [0.25, 0.3) is 0 Å². The molecule has 10 heteroatoms. The van der Waals surface area contributed by atoms with Gasteiger partial charge in [0.2, 0.25) is 11.0 Å². The minimum Gasteiger partial charge on any atom is -0.461 e. The zero-order valence-corrected chi connectivity index (χ0v) is 21.1. The van der Waals surface area contributed by atoms with Crippen molar-refractivity contribution in [1.29, 1.82) is 0 Å². The molecule has 0 radical (unpaired) electrons. The highest BCUT2D eigenvalue weighted by Crippen LogP contribution is 2.51. The number of rotatable bonds is 5. The molecule has 2 aliphatic rings. The van der Waals surface area contributed by atoms with Crippen molar-refractivity contribution >= 4 is 57.5 Å². The van der Waals surface area contributed by atoms with Gasteiger partial charge in [-0.2, -0.15) is 10.1 Å². The molecule has 36 heavy (non-hydrogen) atoms. The molecular formula is C26H22ClN5O3S. The molecule has 0 saturated heterocycles. The largest absolute Gasteiger partial charge is 0.461 e. The van der Waals surface area contributed by atoms with Gasteiger partial charge in [-0.25, -0.2) is 9.80 Å². The van der Waals surface area contributed by atoms with Crippen LogP contribution >= 0.6 is 23.4 Å². The number of carbonyl (C=O) groups excluding carboxylic acids is 2. The summed E-state index contributed by atoms with van der Waals surface area (Å²) in [5.41, 5.74) is 2.17. The van der Waals surface area contributed by atoms with Gasteiger partial charge in [0.25, 0.3) is 5.12 Å². The molecule has 0 bridgehead atoms. The highest BCUT2D eigenvalue weighted by molar-refractivity contribution is 8.17. The second kappa shape index (κ2) is 9.67. The summed E-state index contributed by atoms with van der Waals surface area (Å²) in [5.74, 6) is -0.375. The molecule has 2 heterocycles. The van der Waals surface area contributed by atoms with Crippen molar-refractivity contribution in [2.24, 2.45) is 10.2 Å². The lowest BCUT2D eigenvalue weighted by Crippen LogP contribution is -2.63. The Bertz CT molecular complexity index is 1350. The number of para-hydroxylation sites is 1. The summed E-state index contributed by atoms with van der Waals surface area (Å²) in [6.45, 7) is 3.36. The molecule has 0 fully saturated rings. The van der Waals surface area contributed by atoms with Crippen LogP contribution in [-0.2, 0) is 14.3 Å². The predicted octanol–water partition coefficient (Wildman–Crippen LogP) is 5.11. The monoisotopic (exact) mass is 519 g/mol. The number of carbonyl (C=O) groups is 2. The smallest absolute Gasteiger partial charge is 0.365 e. The third-order valence-corrected chi connectivity index (χ3v) is 7.04. The Hall–Kier alpha value is -3.82. The van der Waals surface area contributed by atoms with E-state index in [-0.39, 0.29) is 17.6 Å². The molecule has 3 aromatic carbocycles. The number of amidine groups is 1. The number of esters is 1. The highest BCUT2D eigenvalue weighted by atomic mass is 35.5. The maximum Gasteiger partial charge on any atom is 0.365 e. The number of nitrogens with zero attached hydrogens (tertiary/aromatic N) is 5. The Balaban J connectivity index is 1.76. The lowest BCUT2D eigenvalue weighted by atomic mass is 10.1. The standard InChI is InChI=1S/C26H22ClN5O3S/c1-3-35-25(34)24-29-32(22-16-14-20(27)15-17-22)26(36-24)30(21-12-8-5-9-13-21)23(28-31(26)18(2)33)19-10-6-4-7-11-19/h4-17H,3H2,1-2H3/t26-/m0/s1. The number of anilines is 2. The third kappa shape index (κ3) is 4.00. The van der Waals surface area contributed by atoms with Gasteiger partial charge in [-0.3, -0.25) is 9.69 Å². The van der Waals surface area contributed by atoms with Crippen LogP contribution in [0.3, 0.4) is 0 Å². The summed E-state index contributed by atoms with van der Waals surface area (Å²) >= 11 is 7.26. The van der Waals surface area contributed by atoms with E-state index in [1.165, 1.54) is 11.9 Å². The van der Waals surface area contributed by atoms with Crippen LogP contribution in [0.5, 0.6) is 0 Å². The molecule has 3 aromatic rings. The van der Waals surface area contributed by atoms with Crippen molar-refractivity contribution in [1.82, 2.24) is 5.01 Å². The van der Waals surface area contributed by atoms with Crippen molar-refractivity contribution in [3.8, 4) is 0 Å². The molecule has 0 aromatic heterocycles. The van der Waals surface area contributed by atoms with Gasteiger partial charge in [0.05, 0.1) is 12.3 Å². The van der Waals surface area contributed by atoms with Crippen molar-refractivity contribution in [3.63, 3.8) is 0 Å². The van der Waals surface area contributed by atoms with E-state index in [9.17, 15) is 9.59 Å². The third-order valence-electron chi connectivity index (χ3n) is 5.54. The highest BCUT2D eigenvalue weighted by Gasteiger charge is 2.62. The summed E-state index contributed by atoms with van der Waals surface area (Å²) in [6, 6.07) is 26.2. The summed E-state index contributed by atoms with van der Waals surface area (Å²) in [7, 11) is 0. The van der Waals surface area contributed by atoms with Gasteiger partial charge in [-0.1, -0.05) is 60.1 Å². The first-order chi connectivity index (χ1) is 17.5. The Morgan fingerprint density at radius 1 is 0.917 bits per heavy atom. The molecule has 182 valence electrons. The number of amides is 1. The summed E-state index contributed by atoms with van der Waals surface area (Å²) in [6.07, 6.45) is 0. The maximum atomic E-state index is 13.2. The molecule has 8 nitrogen and oxygen atoms in total. The zero-order valence-electron chi connectivity index (χ0n) is 19.5. The van der Waals surface area contributed by atoms with Gasteiger partial charge in [0.1, 0.15) is 0 Å². The Morgan fingerprint density at radius 3 is 2.17 bits per heavy atom. The fourth-order valence-electron chi connectivity index (χ4n) is 4.06. The van der Waals surface area contributed by atoms with Crippen LogP contribution < -0.4 is 9.91 Å². The average molecular weight is 520 g/mol. The van der Waals surface area contributed by atoms with E-state index in [0.717, 1.165) is 23.0 Å². The first-order valence-corrected chi connectivity index (χ1v) is 12.5. The molecule has 2 aliphatic heterocycles. The Labute approximate surface area is 217 Å². The van der Waals surface area contributed by atoms with E-state index < -0.39 is 11.1 Å². The predicted molar refractivity (Wildman–Crippen MR) is 143 cm³/mol. The van der Waals surface area contributed by atoms with Crippen LogP contribution in [0.2, 0.25) is 5.02 Å². The molecule has 0 saturated carbocycles. The van der Waals surface area contributed by atoms with Crippen LogP contribution in [-0.4, -0.2) is 39.5 Å². The fraction of sp³-hybridized carbons (Fsp3) is 0.154. The quantitative estimate of drug-likeness (QED) is 0.436. The molecule has 0 aliphatic carbocycles. The number of halogens is 1. The number of thioether (sulfide) groups is 1. The molecule has 0 N–H and O–H groups in total. The van der Waals surface area contributed by atoms with E-state index in [4.69, 9.17) is 21.4 Å².